The van der Waals surface area contributed by atoms with Crippen molar-refractivity contribution in [2.75, 3.05) is 19.7 Å². The molecule has 1 amide bonds. The number of carbonyl (C=O) groups excluding carboxylic acids is 1. The minimum atomic E-state index is -0.0214. The highest BCUT2D eigenvalue weighted by molar-refractivity contribution is 5.92. The van der Waals surface area contributed by atoms with Gasteiger partial charge in [0.25, 0.3) is 5.91 Å². The first-order valence-corrected chi connectivity index (χ1v) is 7.05. The molecule has 0 saturated carbocycles. The van der Waals surface area contributed by atoms with Gasteiger partial charge in [-0.3, -0.25) is 4.79 Å². The van der Waals surface area contributed by atoms with Crippen LogP contribution in [0.5, 0.6) is 0 Å². The Kier molecular flexibility index (Phi) is 3.31. The molecule has 0 bridgehead atoms. The molecule has 2 fully saturated rings. The minimum absolute atomic E-state index is 0.0214. The van der Waals surface area contributed by atoms with Gasteiger partial charge in [0.15, 0.2) is 5.69 Å². The van der Waals surface area contributed by atoms with Gasteiger partial charge in [0.2, 0.25) is 0 Å². The number of rotatable bonds is 1. The van der Waals surface area contributed by atoms with Gasteiger partial charge >= 0.3 is 0 Å². The number of aryl methyl sites for hydroxylation is 1. The predicted molar refractivity (Wildman–Crippen MR) is 68.9 cm³/mol. The molecule has 104 valence electrons. The Morgan fingerprint density at radius 2 is 2.16 bits per heavy atom. The van der Waals surface area contributed by atoms with Gasteiger partial charge in [0.05, 0.1) is 5.60 Å². The maximum absolute atomic E-state index is 12.3. The van der Waals surface area contributed by atoms with E-state index in [0.717, 1.165) is 51.8 Å². The number of likely N-dealkylation sites (tertiary alicyclic amines) is 1. The van der Waals surface area contributed by atoms with Gasteiger partial charge in [0, 0.05) is 25.8 Å². The summed E-state index contributed by atoms with van der Waals surface area (Å²) in [5.74, 6) is 0.653. The second kappa shape index (κ2) is 4.96. The van der Waals surface area contributed by atoms with Crippen molar-refractivity contribution < 1.29 is 14.1 Å². The first-order valence-electron chi connectivity index (χ1n) is 7.05. The lowest BCUT2D eigenvalue weighted by Crippen LogP contribution is -2.34. The van der Waals surface area contributed by atoms with Crippen LogP contribution in [0.1, 0.15) is 48.4 Å². The normalized spacial score (nSPS) is 27.7. The predicted octanol–water partition coefficient (Wildman–Crippen LogP) is 2.16. The molecule has 0 aromatic carbocycles. The van der Waals surface area contributed by atoms with E-state index in [9.17, 15) is 4.79 Å². The van der Waals surface area contributed by atoms with Crippen LogP contribution in [-0.4, -0.2) is 41.3 Å². The molecule has 3 heterocycles. The number of aromatic nitrogens is 1. The lowest BCUT2D eigenvalue weighted by molar-refractivity contribution is -0.00693. The first kappa shape index (κ1) is 12.7. The fourth-order valence-electron chi connectivity index (χ4n) is 3.15. The third kappa shape index (κ3) is 2.52. The zero-order valence-electron chi connectivity index (χ0n) is 11.4. The highest BCUT2D eigenvalue weighted by Gasteiger charge is 2.37. The van der Waals surface area contributed by atoms with E-state index in [4.69, 9.17) is 9.26 Å². The molecule has 1 unspecified atom stereocenters. The van der Waals surface area contributed by atoms with Crippen LogP contribution in [0.2, 0.25) is 0 Å². The summed E-state index contributed by atoms with van der Waals surface area (Å²) in [5.41, 5.74) is 0.454. The van der Waals surface area contributed by atoms with Gasteiger partial charge in [-0.05, 0) is 39.0 Å². The summed E-state index contributed by atoms with van der Waals surface area (Å²) in [6.07, 6.45) is 5.29. The van der Waals surface area contributed by atoms with Crippen LogP contribution in [0.3, 0.4) is 0 Å². The summed E-state index contributed by atoms with van der Waals surface area (Å²) in [4.78, 5) is 14.2. The average molecular weight is 264 g/mol. The number of hydrogen-bond donors (Lipinski definition) is 0. The van der Waals surface area contributed by atoms with E-state index in [1.54, 1.807) is 13.0 Å². The van der Waals surface area contributed by atoms with Crippen LogP contribution < -0.4 is 0 Å². The maximum atomic E-state index is 12.3. The van der Waals surface area contributed by atoms with Crippen LogP contribution in [0.4, 0.5) is 0 Å². The van der Waals surface area contributed by atoms with Crippen molar-refractivity contribution in [3.05, 3.63) is 17.5 Å². The lowest BCUT2D eigenvalue weighted by Gasteiger charge is -2.26. The molecule has 0 radical (unpaired) electrons. The van der Waals surface area contributed by atoms with Gasteiger partial charge in [-0.1, -0.05) is 5.16 Å². The number of hydrogen-bond acceptors (Lipinski definition) is 4. The van der Waals surface area contributed by atoms with E-state index in [1.807, 2.05) is 4.90 Å². The second-order valence-corrected chi connectivity index (χ2v) is 5.60. The van der Waals surface area contributed by atoms with Gasteiger partial charge in [-0.25, -0.2) is 0 Å². The van der Waals surface area contributed by atoms with Crippen LogP contribution in [0.25, 0.3) is 0 Å². The smallest absolute Gasteiger partial charge is 0.276 e. The Hall–Kier alpha value is -1.36. The highest BCUT2D eigenvalue weighted by atomic mass is 16.5. The standard InChI is InChI=1S/C14H20N2O3/c1-11-10-12(15-19-11)13(17)16-7-2-4-14(6-8-16)5-3-9-18-14/h10H,2-9H2,1H3. The molecular weight excluding hydrogens is 244 g/mol. The van der Waals surface area contributed by atoms with Crippen LogP contribution in [-0.2, 0) is 4.74 Å². The molecule has 1 spiro atoms. The van der Waals surface area contributed by atoms with Gasteiger partial charge in [0.1, 0.15) is 5.76 Å². The molecule has 1 aromatic rings. The van der Waals surface area contributed by atoms with Gasteiger partial charge in [-0.2, -0.15) is 0 Å². The van der Waals surface area contributed by atoms with E-state index in [1.165, 1.54) is 0 Å². The van der Waals surface area contributed by atoms with Crippen molar-refractivity contribution in [3.63, 3.8) is 0 Å². The summed E-state index contributed by atoms with van der Waals surface area (Å²) < 4.78 is 10.9. The third-order valence-electron chi connectivity index (χ3n) is 4.22. The fourth-order valence-corrected chi connectivity index (χ4v) is 3.15. The Labute approximate surface area is 112 Å². The van der Waals surface area contributed by atoms with Crippen molar-refractivity contribution in [3.8, 4) is 0 Å². The summed E-state index contributed by atoms with van der Waals surface area (Å²) in [6.45, 7) is 4.21. The molecule has 5 heteroatoms. The van der Waals surface area contributed by atoms with Gasteiger partial charge < -0.3 is 14.2 Å². The maximum Gasteiger partial charge on any atom is 0.276 e. The van der Waals surface area contributed by atoms with Crippen molar-refractivity contribution in [2.45, 2.75) is 44.6 Å². The monoisotopic (exact) mass is 264 g/mol. The van der Waals surface area contributed by atoms with Crippen LogP contribution >= 0.6 is 0 Å². The van der Waals surface area contributed by atoms with Crippen molar-refractivity contribution in [1.29, 1.82) is 0 Å². The van der Waals surface area contributed by atoms with Crippen molar-refractivity contribution in [2.24, 2.45) is 0 Å². The van der Waals surface area contributed by atoms with Crippen molar-refractivity contribution >= 4 is 5.91 Å². The third-order valence-corrected chi connectivity index (χ3v) is 4.22. The summed E-state index contributed by atoms with van der Waals surface area (Å²) >= 11 is 0. The van der Waals surface area contributed by atoms with Crippen LogP contribution in [0, 0.1) is 6.92 Å². The molecule has 2 aliphatic rings. The number of carbonyl (C=O) groups is 1. The van der Waals surface area contributed by atoms with E-state index >= 15 is 0 Å². The highest BCUT2D eigenvalue weighted by Crippen LogP contribution is 2.35. The molecule has 1 atom stereocenters. The summed E-state index contributed by atoms with van der Waals surface area (Å²) in [6, 6.07) is 1.70. The molecular formula is C14H20N2O3. The summed E-state index contributed by atoms with van der Waals surface area (Å²) in [7, 11) is 0. The zero-order chi connectivity index (χ0) is 13.3. The molecule has 3 rings (SSSR count). The largest absolute Gasteiger partial charge is 0.375 e. The Morgan fingerprint density at radius 1 is 1.32 bits per heavy atom. The first-order chi connectivity index (χ1) is 9.19. The van der Waals surface area contributed by atoms with Crippen LogP contribution in [0.15, 0.2) is 10.6 Å². The van der Waals surface area contributed by atoms with E-state index in [2.05, 4.69) is 5.16 Å². The fraction of sp³-hybridized carbons (Fsp3) is 0.714. The molecule has 2 saturated heterocycles. The number of amides is 1. The quantitative estimate of drug-likeness (QED) is 0.780. The molecule has 0 N–H and O–H groups in total. The molecule has 2 aliphatic heterocycles. The molecule has 1 aromatic heterocycles. The SMILES string of the molecule is Cc1cc(C(=O)N2CCCC3(CCCO3)CC2)no1. The average Bonchev–Trinajstić information content (AvgIpc) is 2.96. The van der Waals surface area contributed by atoms with E-state index in [-0.39, 0.29) is 11.5 Å². The molecule has 0 aliphatic carbocycles. The summed E-state index contributed by atoms with van der Waals surface area (Å²) in [5, 5.41) is 3.81. The Balaban J connectivity index is 1.68. The van der Waals surface area contributed by atoms with Gasteiger partial charge in [-0.15, -0.1) is 0 Å². The number of nitrogens with zero attached hydrogens (tertiary/aromatic N) is 2. The topological polar surface area (TPSA) is 55.6 Å². The van der Waals surface area contributed by atoms with E-state index < -0.39 is 0 Å². The molecule has 5 nitrogen and oxygen atoms in total. The van der Waals surface area contributed by atoms with E-state index in [0.29, 0.717) is 11.5 Å². The minimum Gasteiger partial charge on any atom is -0.375 e. The van der Waals surface area contributed by atoms with Crippen molar-refractivity contribution in [1.82, 2.24) is 10.1 Å². The molecule has 19 heavy (non-hydrogen) atoms. The zero-order valence-corrected chi connectivity index (χ0v) is 11.4. The Morgan fingerprint density at radius 3 is 2.84 bits per heavy atom. The lowest BCUT2D eigenvalue weighted by atomic mass is 9.92. The number of ether oxygens (including phenoxy) is 1. The Bertz CT molecular complexity index is 463. The second-order valence-electron chi connectivity index (χ2n) is 5.60.